The van der Waals surface area contributed by atoms with E-state index in [-0.39, 0.29) is 5.91 Å². The number of fused-ring (bicyclic) bond motifs is 1. The van der Waals surface area contributed by atoms with Gasteiger partial charge in [0.15, 0.2) is 11.5 Å². The number of carbonyl (C=O) groups is 1. The second-order valence-electron chi connectivity index (χ2n) is 8.83. The van der Waals surface area contributed by atoms with Gasteiger partial charge in [-0.1, -0.05) is 17.7 Å². The molecule has 2 aromatic heterocycles. The van der Waals surface area contributed by atoms with E-state index in [0.717, 1.165) is 50.9 Å². The molecule has 3 aromatic rings. The molecule has 5 rings (SSSR count). The number of ether oxygens (including phenoxy) is 1. The maximum Gasteiger partial charge on any atom is 0.223 e. The maximum absolute atomic E-state index is 12.9. The average molecular weight is 450 g/mol. The van der Waals surface area contributed by atoms with Crippen LogP contribution in [-0.2, 0) is 16.0 Å². The minimum atomic E-state index is 0.163. The highest BCUT2D eigenvalue weighted by molar-refractivity contribution is 5.76. The summed E-state index contributed by atoms with van der Waals surface area (Å²) in [5.74, 6) is 1.78. The van der Waals surface area contributed by atoms with E-state index in [0.29, 0.717) is 31.7 Å². The first-order valence-corrected chi connectivity index (χ1v) is 11.7. The van der Waals surface area contributed by atoms with Gasteiger partial charge in [-0.3, -0.25) is 4.79 Å². The second kappa shape index (κ2) is 9.35. The number of hydrogen-bond donors (Lipinski definition) is 0. The van der Waals surface area contributed by atoms with Crippen LogP contribution in [0.4, 0.5) is 11.5 Å². The Kier molecular flexibility index (Phi) is 6.13. The van der Waals surface area contributed by atoms with Crippen LogP contribution < -0.4 is 9.80 Å². The van der Waals surface area contributed by atoms with Crippen LogP contribution in [0.5, 0.6) is 0 Å². The summed E-state index contributed by atoms with van der Waals surface area (Å²) in [6, 6.07) is 10.5. The van der Waals surface area contributed by atoms with Gasteiger partial charge < -0.3 is 19.4 Å². The number of carbonyl (C=O) groups excluding carboxylic acids is 1. The van der Waals surface area contributed by atoms with Gasteiger partial charge in [-0.25, -0.2) is 0 Å². The highest BCUT2D eigenvalue weighted by Gasteiger charge is 2.23. The van der Waals surface area contributed by atoms with Crippen LogP contribution in [0.15, 0.2) is 30.3 Å². The number of piperazine rings is 1. The Bertz CT molecular complexity index is 1130. The minimum absolute atomic E-state index is 0.163. The zero-order valence-corrected chi connectivity index (χ0v) is 19.4. The van der Waals surface area contributed by atoms with Crippen LogP contribution in [0.2, 0.25) is 0 Å². The molecule has 0 bridgehead atoms. The Morgan fingerprint density at radius 3 is 2.48 bits per heavy atom. The van der Waals surface area contributed by atoms with E-state index in [1.807, 2.05) is 17.0 Å². The second-order valence-corrected chi connectivity index (χ2v) is 8.83. The number of benzene rings is 1. The number of hydrogen-bond acceptors (Lipinski definition) is 7. The Balaban J connectivity index is 1.19. The van der Waals surface area contributed by atoms with Crippen LogP contribution in [0.25, 0.3) is 5.65 Å². The molecule has 33 heavy (non-hydrogen) atoms. The fraction of sp³-hybridized carbons (Fsp3) is 0.500. The fourth-order valence-electron chi connectivity index (χ4n) is 4.67. The molecule has 2 aliphatic heterocycles. The molecule has 2 aliphatic rings. The predicted octanol–water partition coefficient (Wildman–Crippen LogP) is 1.86. The summed E-state index contributed by atoms with van der Waals surface area (Å²) >= 11 is 0. The number of aromatic nitrogens is 4. The minimum Gasteiger partial charge on any atom is -0.378 e. The quantitative estimate of drug-likeness (QED) is 0.588. The zero-order chi connectivity index (χ0) is 22.8. The van der Waals surface area contributed by atoms with Crippen LogP contribution in [0, 0.1) is 13.8 Å². The van der Waals surface area contributed by atoms with Crippen LogP contribution in [-0.4, -0.2) is 83.1 Å². The molecule has 0 atom stereocenters. The van der Waals surface area contributed by atoms with Gasteiger partial charge in [-0.2, -0.15) is 4.52 Å². The summed E-state index contributed by atoms with van der Waals surface area (Å²) in [6.07, 6.45) is 0.935. The van der Waals surface area contributed by atoms with Crippen molar-refractivity contribution in [1.82, 2.24) is 24.7 Å². The monoisotopic (exact) mass is 449 g/mol. The van der Waals surface area contributed by atoms with Gasteiger partial charge >= 0.3 is 0 Å². The standard InChI is InChI=1S/C24H31N7O2/c1-18-3-4-20(19(2)17-18)28-9-11-30(12-10-28)24(32)8-7-22-26-25-21-5-6-23(27-31(21)22)29-13-15-33-16-14-29/h3-6,17H,7-16H2,1-2H3. The van der Waals surface area contributed by atoms with Crippen molar-refractivity contribution in [3.8, 4) is 0 Å². The summed E-state index contributed by atoms with van der Waals surface area (Å²) in [5.41, 5.74) is 4.54. The number of rotatable bonds is 5. The third-order valence-corrected chi connectivity index (χ3v) is 6.54. The molecule has 0 unspecified atom stereocenters. The molecule has 0 aliphatic carbocycles. The van der Waals surface area contributed by atoms with Crippen molar-refractivity contribution in [1.29, 1.82) is 0 Å². The lowest BCUT2D eigenvalue weighted by atomic mass is 10.1. The summed E-state index contributed by atoms with van der Waals surface area (Å²) < 4.78 is 7.21. The van der Waals surface area contributed by atoms with E-state index in [1.165, 1.54) is 16.8 Å². The largest absolute Gasteiger partial charge is 0.378 e. The highest BCUT2D eigenvalue weighted by Crippen LogP contribution is 2.23. The third-order valence-electron chi connectivity index (χ3n) is 6.54. The predicted molar refractivity (Wildman–Crippen MR) is 127 cm³/mol. The first kappa shape index (κ1) is 21.6. The Morgan fingerprint density at radius 1 is 0.939 bits per heavy atom. The van der Waals surface area contributed by atoms with E-state index in [1.54, 1.807) is 4.52 Å². The highest BCUT2D eigenvalue weighted by atomic mass is 16.5. The van der Waals surface area contributed by atoms with Crippen molar-refractivity contribution in [3.05, 3.63) is 47.3 Å². The Morgan fingerprint density at radius 2 is 1.73 bits per heavy atom. The SMILES string of the molecule is Cc1ccc(N2CCN(C(=O)CCc3nnc4ccc(N5CCOCC5)nn34)CC2)c(C)c1. The number of amides is 1. The Hall–Kier alpha value is -3.20. The number of nitrogens with zero attached hydrogens (tertiary/aromatic N) is 7. The summed E-state index contributed by atoms with van der Waals surface area (Å²) in [6.45, 7) is 10.5. The van der Waals surface area contributed by atoms with Gasteiger partial charge in [-0.05, 0) is 37.6 Å². The van der Waals surface area contributed by atoms with Crippen molar-refractivity contribution < 1.29 is 9.53 Å². The maximum atomic E-state index is 12.9. The van der Waals surface area contributed by atoms with Crippen molar-refractivity contribution in [2.45, 2.75) is 26.7 Å². The van der Waals surface area contributed by atoms with Crippen molar-refractivity contribution in [2.75, 3.05) is 62.3 Å². The van der Waals surface area contributed by atoms with Crippen molar-refractivity contribution in [3.63, 3.8) is 0 Å². The molecule has 174 valence electrons. The van der Waals surface area contributed by atoms with Gasteiger partial charge in [0.2, 0.25) is 5.91 Å². The van der Waals surface area contributed by atoms with Crippen molar-refractivity contribution >= 4 is 23.1 Å². The molecule has 0 radical (unpaired) electrons. The van der Waals surface area contributed by atoms with Gasteiger partial charge in [0, 0.05) is 57.8 Å². The average Bonchev–Trinajstić information content (AvgIpc) is 3.25. The van der Waals surface area contributed by atoms with Gasteiger partial charge in [0.25, 0.3) is 0 Å². The lowest BCUT2D eigenvalue weighted by molar-refractivity contribution is -0.131. The first-order valence-electron chi connectivity index (χ1n) is 11.7. The van der Waals surface area contributed by atoms with E-state index in [9.17, 15) is 4.79 Å². The molecule has 1 aromatic carbocycles. The summed E-state index contributed by atoms with van der Waals surface area (Å²) in [5, 5.41) is 13.3. The molecule has 0 N–H and O–H groups in total. The Labute approximate surface area is 193 Å². The molecular formula is C24H31N7O2. The zero-order valence-electron chi connectivity index (χ0n) is 19.4. The summed E-state index contributed by atoms with van der Waals surface area (Å²) in [4.78, 5) is 19.5. The third kappa shape index (κ3) is 4.64. The first-order chi connectivity index (χ1) is 16.1. The normalized spacial score (nSPS) is 17.1. The van der Waals surface area contributed by atoms with E-state index in [4.69, 9.17) is 9.84 Å². The fourth-order valence-corrected chi connectivity index (χ4v) is 4.67. The number of anilines is 2. The van der Waals surface area contributed by atoms with E-state index in [2.05, 4.69) is 52.0 Å². The van der Waals surface area contributed by atoms with E-state index >= 15 is 0 Å². The molecule has 0 spiro atoms. The smallest absolute Gasteiger partial charge is 0.223 e. The molecule has 0 saturated carbocycles. The van der Waals surface area contributed by atoms with Crippen LogP contribution >= 0.6 is 0 Å². The van der Waals surface area contributed by atoms with Crippen molar-refractivity contribution in [2.24, 2.45) is 0 Å². The molecule has 9 nitrogen and oxygen atoms in total. The molecule has 1 amide bonds. The lowest BCUT2D eigenvalue weighted by Gasteiger charge is -2.37. The molecule has 4 heterocycles. The molecular weight excluding hydrogens is 418 g/mol. The van der Waals surface area contributed by atoms with Gasteiger partial charge in [0.1, 0.15) is 5.82 Å². The molecule has 2 saturated heterocycles. The topological polar surface area (TPSA) is 79.1 Å². The molecule has 9 heteroatoms. The number of morpholine rings is 1. The van der Waals surface area contributed by atoms with E-state index < -0.39 is 0 Å². The van der Waals surface area contributed by atoms with Crippen LogP contribution in [0.3, 0.4) is 0 Å². The lowest BCUT2D eigenvalue weighted by Crippen LogP contribution is -2.49. The van der Waals surface area contributed by atoms with Gasteiger partial charge in [0.05, 0.1) is 13.2 Å². The van der Waals surface area contributed by atoms with Crippen LogP contribution in [0.1, 0.15) is 23.4 Å². The van der Waals surface area contributed by atoms with Gasteiger partial charge in [-0.15, -0.1) is 15.3 Å². The number of aryl methyl sites for hydroxylation is 3. The summed E-state index contributed by atoms with van der Waals surface area (Å²) in [7, 11) is 0. The molecule has 2 fully saturated rings.